The van der Waals surface area contributed by atoms with Crippen molar-refractivity contribution in [3.63, 3.8) is 0 Å². The maximum absolute atomic E-state index is 12.0. The summed E-state index contributed by atoms with van der Waals surface area (Å²) in [5, 5.41) is 2.29. The first-order valence-corrected chi connectivity index (χ1v) is 6.47. The van der Waals surface area contributed by atoms with Crippen molar-refractivity contribution in [3.8, 4) is 11.3 Å². The van der Waals surface area contributed by atoms with Gasteiger partial charge in [0.2, 0.25) is 0 Å². The van der Waals surface area contributed by atoms with E-state index in [1.54, 1.807) is 20.0 Å². The Hall–Kier alpha value is -1.88. The van der Waals surface area contributed by atoms with Gasteiger partial charge in [-0.25, -0.2) is 4.79 Å². The van der Waals surface area contributed by atoms with Gasteiger partial charge in [-0.2, -0.15) is 0 Å². The highest BCUT2D eigenvalue weighted by molar-refractivity contribution is 7.14. The number of rotatable bonds is 3. The molecule has 2 rings (SSSR count). The molecule has 0 atom stereocenters. The summed E-state index contributed by atoms with van der Waals surface area (Å²) >= 11 is 1.32. The lowest BCUT2D eigenvalue weighted by molar-refractivity contribution is 0.0380. The molecule has 0 bridgehead atoms. The van der Waals surface area contributed by atoms with Crippen molar-refractivity contribution in [3.05, 3.63) is 35.3 Å². The largest absolute Gasteiger partial charge is 0.459 e. The molecule has 5 heteroatoms. The first-order valence-electron chi connectivity index (χ1n) is 5.59. The molecular weight excluding hydrogens is 248 g/mol. The summed E-state index contributed by atoms with van der Waals surface area (Å²) in [5.41, 5.74) is 7.70. The monoisotopic (exact) mass is 262 g/mol. The van der Waals surface area contributed by atoms with Crippen LogP contribution in [0.3, 0.4) is 0 Å². The molecule has 0 unspecified atom stereocenters. The average Bonchev–Trinajstić information content (AvgIpc) is 2.71. The molecule has 0 spiro atoms. The van der Waals surface area contributed by atoms with Gasteiger partial charge in [0.25, 0.3) is 0 Å². The van der Waals surface area contributed by atoms with Crippen LogP contribution < -0.4 is 5.73 Å². The van der Waals surface area contributed by atoms with Gasteiger partial charge in [0.1, 0.15) is 10.6 Å². The molecule has 4 nitrogen and oxygen atoms in total. The van der Waals surface area contributed by atoms with E-state index in [0.29, 0.717) is 10.6 Å². The first kappa shape index (κ1) is 12.6. The molecule has 2 heterocycles. The van der Waals surface area contributed by atoms with Gasteiger partial charge >= 0.3 is 5.97 Å². The quantitative estimate of drug-likeness (QED) is 0.864. The second kappa shape index (κ2) is 5.18. The molecule has 0 amide bonds. The highest BCUT2D eigenvalue weighted by Crippen LogP contribution is 2.33. The number of hydrogen-bond donors (Lipinski definition) is 1. The molecular formula is C13H14N2O2S. The molecule has 0 aliphatic heterocycles. The van der Waals surface area contributed by atoms with E-state index in [9.17, 15) is 4.79 Å². The highest BCUT2D eigenvalue weighted by Gasteiger charge is 2.21. The average molecular weight is 262 g/mol. The van der Waals surface area contributed by atoms with Crippen molar-refractivity contribution in [1.29, 1.82) is 0 Å². The Kier molecular flexibility index (Phi) is 3.62. The molecule has 0 aliphatic carbocycles. The van der Waals surface area contributed by atoms with Gasteiger partial charge in [0.05, 0.1) is 11.8 Å². The Morgan fingerprint density at radius 1 is 1.44 bits per heavy atom. The Bertz CT molecular complexity index is 549. The molecule has 2 aromatic rings. The molecule has 0 saturated carbocycles. The van der Waals surface area contributed by atoms with Gasteiger partial charge in [0, 0.05) is 17.1 Å². The zero-order valence-electron chi connectivity index (χ0n) is 10.2. The lowest BCUT2D eigenvalue weighted by atomic mass is 10.1. The van der Waals surface area contributed by atoms with Gasteiger partial charge < -0.3 is 10.5 Å². The molecule has 94 valence electrons. The first-order chi connectivity index (χ1) is 8.59. The maximum Gasteiger partial charge on any atom is 0.342 e. The van der Waals surface area contributed by atoms with Crippen molar-refractivity contribution in [1.82, 2.24) is 4.98 Å². The minimum atomic E-state index is -0.399. The number of esters is 1. The molecule has 0 aromatic carbocycles. The minimum Gasteiger partial charge on any atom is -0.459 e. The number of pyridine rings is 1. The second-order valence-corrected chi connectivity index (χ2v) is 4.97. The summed E-state index contributed by atoms with van der Waals surface area (Å²) < 4.78 is 5.20. The van der Waals surface area contributed by atoms with Crippen molar-refractivity contribution in [2.45, 2.75) is 20.0 Å². The van der Waals surface area contributed by atoms with E-state index in [2.05, 4.69) is 4.98 Å². The van der Waals surface area contributed by atoms with Gasteiger partial charge in [0.15, 0.2) is 0 Å². The van der Waals surface area contributed by atoms with E-state index in [1.165, 1.54) is 11.3 Å². The smallest absolute Gasteiger partial charge is 0.342 e. The second-order valence-electron chi connectivity index (χ2n) is 4.06. The lowest BCUT2D eigenvalue weighted by Crippen LogP contribution is -2.13. The van der Waals surface area contributed by atoms with Crippen LogP contribution in [0.1, 0.15) is 24.2 Å². The zero-order valence-corrected chi connectivity index (χ0v) is 11.0. The summed E-state index contributed by atoms with van der Waals surface area (Å²) in [7, 11) is 0. The molecule has 2 aromatic heterocycles. The van der Waals surface area contributed by atoms with Crippen molar-refractivity contribution >= 4 is 22.3 Å². The highest BCUT2D eigenvalue weighted by atomic mass is 32.1. The molecule has 0 radical (unpaired) electrons. The van der Waals surface area contributed by atoms with E-state index >= 15 is 0 Å². The van der Waals surface area contributed by atoms with Gasteiger partial charge in [-0.3, -0.25) is 4.98 Å². The number of ether oxygens (including phenoxy) is 1. The number of anilines is 1. The number of carbonyl (C=O) groups excluding carboxylic acids is 1. The van der Waals surface area contributed by atoms with Crippen LogP contribution in [-0.4, -0.2) is 17.1 Å². The molecule has 0 aliphatic rings. The standard InChI is InChI=1S/C13H14N2O2S/c1-8(2)17-13(16)11-9(7-18-12(11)14)10-5-3-4-6-15-10/h3-8H,14H2,1-2H3. The molecule has 0 fully saturated rings. The number of nitrogen functional groups attached to an aromatic ring is 1. The predicted octanol–water partition coefficient (Wildman–Crippen LogP) is 2.96. The number of aromatic nitrogens is 1. The zero-order chi connectivity index (χ0) is 13.1. The van der Waals surface area contributed by atoms with Crippen molar-refractivity contribution in [2.24, 2.45) is 0 Å². The molecule has 18 heavy (non-hydrogen) atoms. The third-order valence-electron chi connectivity index (χ3n) is 2.31. The number of thiophene rings is 1. The van der Waals surface area contributed by atoms with Crippen LogP contribution in [0.15, 0.2) is 29.8 Å². The topological polar surface area (TPSA) is 65.2 Å². The van der Waals surface area contributed by atoms with E-state index in [-0.39, 0.29) is 6.10 Å². The Labute approximate surface area is 109 Å². The summed E-state index contributed by atoms with van der Waals surface area (Å²) in [5.74, 6) is -0.399. The number of carbonyl (C=O) groups is 1. The molecule has 2 N–H and O–H groups in total. The van der Waals surface area contributed by atoms with Crippen molar-refractivity contribution < 1.29 is 9.53 Å². The number of nitrogens with two attached hydrogens (primary N) is 1. The van der Waals surface area contributed by atoms with E-state index < -0.39 is 5.97 Å². The third kappa shape index (κ3) is 2.51. The van der Waals surface area contributed by atoms with Crippen LogP contribution >= 0.6 is 11.3 Å². The van der Waals surface area contributed by atoms with Crippen LogP contribution in [-0.2, 0) is 4.74 Å². The van der Waals surface area contributed by atoms with Crippen molar-refractivity contribution in [2.75, 3.05) is 5.73 Å². The summed E-state index contributed by atoms with van der Waals surface area (Å²) in [6, 6.07) is 5.53. The van der Waals surface area contributed by atoms with Crippen LogP contribution in [0.4, 0.5) is 5.00 Å². The Morgan fingerprint density at radius 3 is 2.83 bits per heavy atom. The SMILES string of the molecule is CC(C)OC(=O)c1c(-c2ccccn2)csc1N. The molecule has 0 saturated heterocycles. The van der Waals surface area contributed by atoms with E-state index in [4.69, 9.17) is 10.5 Å². The lowest BCUT2D eigenvalue weighted by Gasteiger charge is -2.09. The summed E-state index contributed by atoms with van der Waals surface area (Å²) in [4.78, 5) is 16.2. The van der Waals surface area contributed by atoms with Crippen LogP contribution in [0, 0.1) is 0 Å². The van der Waals surface area contributed by atoms with E-state index in [0.717, 1.165) is 11.3 Å². The summed E-state index contributed by atoms with van der Waals surface area (Å²) in [6.07, 6.45) is 1.51. The summed E-state index contributed by atoms with van der Waals surface area (Å²) in [6.45, 7) is 3.61. The maximum atomic E-state index is 12.0. The number of hydrogen-bond acceptors (Lipinski definition) is 5. The van der Waals surface area contributed by atoms with Crippen LogP contribution in [0.2, 0.25) is 0 Å². The number of nitrogens with zero attached hydrogens (tertiary/aromatic N) is 1. The minimum absolute atomic E-state index is 0.173. The Balaban J connectivity index is 2.42. The third-order valence-corrected chi connectivity index (χ3v) is 3.12. The van der Waals surface area contributed by atoms with E-state index in [1.807, 2.05) is 23.6 Å². The van der Waals surface area contributed by atoms with Crippen LogP contribution in [0.5, 0.6) is 0 Å². The van der Waals surface area contributed by atoms with Crippen LogP contribution in [0.25, 0.3) is 11.3 Å². The Morgan fingerprint density at radius 2 is 2.22 bits per heavy atom. The van der Waals surface area contributed by atoms with Gasteiger partial charge in [-0.1, -0.05) is 6.07 Å². The van der Waals surface area contributed by atoms with Gasteiger partial charge in [-0.15, -0.1) is 11.3 Å². The normalized spacial score (nSPS) is 10.6. The fourth-order valence-electron chi connectivity index (χ4n) is 1.57. The fourth-order valence-corrected chi connectivity index (χ4v) is 2.36. The fraction of sp³-hybridized carbons (Fsp3) is 0.231. The predicted molar refractivity (Wildman–Crippen MR) is 72.5 cm³/mol. The van der Waals surface area contributed by atoms with Gasteiger partial charge in [-0.05, 0) is 26.0 Å².